The van der Waals surface area contributed by atoms with E-state index in [9.17, 15) is 17.2 Å². The minimum atomic E-state index is -3.98. The number of nitrogens with zero attached hydrogens (tertiary/aromatic N) is 3. The lowest BCUT2D eigenvalue weighted by molar-refractivity contribution is 0.504. The Labute approximate surface area is 138 Å². The monoisotopic (exact) mass is 354 g/mol. The summed E-state index contributed by atoms with van der Waals surface area (Å²) < 4.78 is 52.7. The van der Waals surface area contributed by atoms with Gasteiger partial charge in [-0.1, -0.05) is 0 Å². The van der Waals surface area contributed by atoms with E-state index in [0.29, 0.717) is 11.9 Å². The molecule has 0 unspecified atom stereocenters. The van der Waals surface area contributed by atoms with Crippen LogP contribution >= 0.6 is 0 Å². The van der Waals surface area contributed by atoms with Crippen LogP contribution in [0.1, 0.15) is 18.7 Å². The molecule has 0 amide bonds. The van der Waals surface area contributed by atoms with Crippen LogP contribution in [-0.4, -0.2) is 31.5 Å². The zero-order valence-corrected chi connectivity index (χ0v) is 13.6. The third-order valence-electron chi connectivity index (χ3n) is 3.74. The molecule has 6 nitrogen and oxygen atoms in total. The number of hydrogen-bond acceptors (Lipinski definition) is 5. The molecule has 128 valence electrons. The molecule has 1 N–H and O–H groups in total. The largest absolute Gasteiger partial charge is 0.357 e. The first-order chi connectivity index (χ1) is 11.5. The molecule has 0 spiro atoms. The smallest absolute Gasteiger partial charge is 0.241 e. The van der Waals surface area contributed by atoms with Crippen molar-refractivity contribution >= 4 is 15.8 Å². The van der Waals surface area contributed by atoms with E-state index in [-0.39, 0.29) is 11.4 Å². The van der Waals surface area contributed by atoms with Crippen LogP contribution in [0, 0.1) is 11.6 Å². The molecule has 0 atom stereocenters. The summed E-state index contributed by atoms with van der Waals surface area (Å²) in [6.45, 7) is 1.69. The Morgan fingerprint density at radius 1 is 1.12 bits per heavy atom. The number of aromatic nitrogens is 2. The van der Waals surface area contributed by atoms with Gasteiger partial charge in [-0.15, -0.1) is 0 Å². The van der Waals surface area contributed by atoms with Gasteiger partial charge in [0.25, 0.3) is 0 Å². The second-order valence-electron chi connectivity index (χ2n) is 5.43. The van der Waals surface area contributed by atoms with Gasteiger partial charge in [0, 0.05) is 19.3 Å². The maximum absolute atomic E-state index is 13.2. The number of anilines is 1. The predicted octanol–water partition coefficient (Wildman–Crippen LogP) is 1.83. The molecule has 2 aromatic rings. The Morgan fingerprint density at radius 2 is 1.88 bits per heavy atom. The third-order valence-corrected chi connectivity index (χ3v) is 5.14. The number of nitrogens with one attached hydrogen (secondary N) is 1. The van der Waals surface area contributed by atoms with Crippen LogP contribution in [0.15, 0.2) is 35.4 Å². The molecule has 0 aliphatic carbocycles. The van der Waals surface area contributed by atoms with E-state index in [1.165, 1.54) is 0 Å². The van der Waals surface area contributed by atoms with Crippen LogP contribution < -0.4 is 9.62 Å². The molecule has 1 aromatic carbocycles. The summed E-state index contributed by atoms with van der Waals surface area (Å²) in [5.74, 6) is -1.25. The van der Waals surface area contributed by atoms with Crippen LogP contribution in [-0.2, 0) is 16.6 Å². The topological polar surface area (TPSA) is 75.2 Å². The highest BCUT2D eigenvalue weighted by Gasteiger charge is 2.18. The number of sulfonamides is 1. The molecule has 1 aliphatic heterocycles. The van der Waals surface area contributed by atoms with E-state index in [1.54, 1.807) is 12.3 Å². The third kappa shape index (κ3) is 3.68. The van der Waals surface area contributed by atoms with Crippen molar-refractivity contribution in [3.63, 3.8) is 0 Å². The maximum atomic E-state index is 13.2. The standard InChI is InChI=1S/C15H16F2N4O2S/c16-12-4-3-11(9-13(12)17)24(22,23)19-10-14-18-6-5-15(20-14)21-7-1-2-8-21/h3-6,9,19H,1-2,7-8,10H2. The second kappa shape index (κ2) is 6.78. The summed E-state index contributed by atoms with van der Waals surface area (Å²) >= 11 is 0. The fourth-order valence-corrected chi connectivity index (χ4v) is 3.47. The van der Waals surface area contributed by atoms with Gasteiger partial charge in [0.05, 0.1) is 11.4 Å². The normalized spacial score (nSPS) is 15.0. The van der Waals surface area contributed by atoms with Gasteiger partial charge in [-0.05, 0) is 37.1 Å². The number of rotatable bonds is 5. The quantitative estimate of drug-likeness (QED) is 0.887. The first kappa shape index (κ1) is 16.7. The highest BCUT2D eigenvalue weighted by Crippen LogP contribution is 2.17. The Bertz CT molecular complexity index is 839. The van der Waals surface area contributed by atoms with Gasteiger partial charge >= 0.3 is 0 Å². The van der Waals surface area contributed by atoms with Crippen molar-refractivity contribution in [2.75, 3.05) is 18.0 Å². The molecule has 3 rings (SSSR count). The lowest BCUT2D eigenvalue weighted by atomic mass is 10.3. The van der Waals surface area contributed by atoms with Crippen LogP contribution in [0.4, 0.5) is 14.6 Å². The highest BCUT2D eigenvalue weighted by atomic mass is 32.2. The van der Waals surface area contributed by atoms with Gasteiger partial charge in [-0.3, -0.25) is 0 Å². The van der Waals surface area contributed by atoms with Crippen molar-refractivity contribution in [3.05, 3.63) is 47.9 Å². The first-order valence-electron chi connectivity index (χ1n) is 7.47. The molecular weight excluding hydrogens is 338 g/mol. The molecule has 0 bridgehead atoms. The minimum absolute atomic E-state index is 0.136. The molecule has 2 heterocycles. The fourth-order valence-electron chi connectivity index (χ4n) is 2.48. The number of hydrogen-bond donors (Lipinski definition) is 1. The van der Waals surface area contributed by atoms with Crippen LogP contribution in [0.5, 0.6) is 0 Å². The first-order valence-corrected chi connectivity index (χ1v) is 8.95. The van der Waals surface area contributed by atoms with Crippen molar-refractivity contribution in [1.29, 1.82) is 0 Å². The zero-order valence-electron chi connectivity index (χ0n) is 12.7. The van der Waals surface area contributed by atoms with Gasteiger partial charge in [0.15, 0.2) is 11.6 Å². The average molecular weight is 354 g/mol. The van der Waals surface area contributed by atoms with Gasteiger partial charge < -0.3 is 4.90 Å². The Morgan fingerprint density at radius 3 is 2.58 bits per heavy atom. The Balaban J connectivity index is 1.72. The highest BCUT2D eigenvalue weighted by molar-refractivity contribution is 7.89. The average Bonchev–Trinajstić information content (AvgIpc) is 3.10. The van der Waals surface area contributed by atoms with Crippen LogP contribution in [0.3, 0.4) is 0 Å². The van der Waals surface area contributed by atoms with Crippen molar-refractivity contribution in [2.45, 2.75) is 24.3 Å². The minimum Gasteiger partial charge on any atom is -0.357 e. The SMILES string of the molecule is O=S(=O)(NCc1nccc(N2CCCC2)n1)c1ccc(F)c(F)c1. The molecule has 1 aromatic heterocycles. The van der Waals surface area contributed by atoms with E-state index in [2.05, 4.69) is 19.6 Å². The summed E-state index contributed by atoms with van der Waals surface area (Å²) in [4.78, 5) is 10.1. The molecule has 9 heteroatoms. The predicted molar refractivity (Wildman–Crippen MR) is 83.9 cm³/mol. The Hall–Kier alpha value is -2.13. The molecule has 1 saturated heterocycles. The number of halogens is 2. The van der Waals surface area contributed by atoms with E-state index >= 15 is 0 Å². The van der Waals surface area contributed by atoms with Crippen LogP contribution in [0.2, 0.25) is 0 Å². The maximum Gasteiger partial charge on any atom is 0.241 e. The summed E-state index contributed by atoms with van der Waals surface area (Å²) in [5, 5.41) is 0. The van der Waals surface area contributed by atoms with Gasteiger partial charge in [-0.25, -0.2) is 31.9 Å². The molecule has 1 aliphatic rings. The summed E-state index contributed by atoms with van der Waals surface area (Å²) in [7, 11) is -3.98. The fraction of sp³-hybridized carbons (Fsp3) is 0.333. The van der Waals surface area contributed by atoms with Gasteiger partial charge in [0.1, 0.15) is 11.6 Å². The van der Waals surface area contributed by atoms with Crippen molar-refractivity contribution in [1.82, 2.24) is 14.7 Å². The van der Waals surface area contributed by atoms with Crippen molar-refractivity contribution < 1.29 is 17.2 Å². The molecule has 24 heavy (non-hydrogen) atoms. The Kier molecular flexibility index (Phi) is 4.72. The van der Waals surface area contributed by atoms with Gasteiger partial charge in [0.2, 0.25) is 10.0 Å². The molecule has 0 radical (unpaired) electrons. The van der Waals surface area contributed by atoms with E-state index in [4.69, 9.17) is 0 Å². The van der Waals surface area contributed by atoms with E-state index in [1.807, 2.05) is 0 Å². The van der Waals surface area contributed by atoms with E-state index in [0.717, 1.165) is 43.9 Å². The summed E-state index contributed by atoms with van der Waals surface area (Å²) in [6, 6.07) is 4.19. The molecule has 1 fully saturated rings. The van der Waals surface area contributed by atoms with Crippen molar-refractivity contribution in [3.8, 4) is 0 Å². The van der Waals surface area contributed by atoms with Crippen molar-refractivity contribution in [2.24, 2.45) is 0 Å². The number of benzene rings is 1. The lowest BCUT2D eigenvalue weighted by Crippen LogP contribution is -2.25. The second-order valence-corrected chi connectivity index (χ2v) is 7.19. The molecule has 0 saturated carbocycles. The lowest BCUT2D eigenvalue weighted by Gasteiger charge is -2.16. The van der Waals surface area contributed by atoms with E-state index < -0.39 is 21.7 Å². The summed E-state index contributed by atoms with van der Waals surface area (Å²) in [6.07, 6.45) is 3.77. The van der Waals surface area contributed by atoms with Gasteiger partial charge in [-0.2, -0.15) is 0 Å². The summed E-state index contributed by atoms with van der Waals surface area (Å²) in [5.41, 5.74) is 0. The zero-order chi connectivity index (χ0) is 17.2. The van der Waals surface area contributed by atoms with Crippen LogP contribution in [0.25, 0.3) is 0 Å². The molecular formula is C15H16F2N4O2S.